The molecule has 1 aromatic heterocycles. The van der Waals surface area contributed by atoms with Crippen LogP contribution in [-0.4, -0.2) is 40.7 Å². The molecule has 1 heterocycles. The molecular formula is C14H25N3O2S. The molecule has 0 aromatic carbocycles. The lowest BCUT2D eigenvalue weighted by Crippen LogP contribution is -2.41. The number of nitrogens with one attached hydrogen (secondary N) is 1. The Morgan fingerprint density at radius 1 is 1.45 bits per heavy atom. The van der Waals surface area contributed by atoms with Crippen molar-refractivity contribution in [1.29, 1.82) is 0 Å². The van der Waals surface area contributed by atoms with E-state index in [1.807, 2.05) is 12.3 Å². The maximum absolute atomic E-state index is 12.0. The number of aliphatic hydroxyl groups is 1. The van der Waals surface area contributed by atoms with Crippen molar-refractivity contribution in [2.45, 2.75) is 46.1 Å². The molecular weight excluding hydrogens is 274 g/mol. The van der Waals surface area contributed by atoms with Gasteiger partial charge in [0.05, 0.1) is 18.8 Å². The number of thiazole rings is 1. The molecule has 2 amide bonds. The monoisotopic (exact) mass is 299 g/mol. The van der Waals surface area contributed by atoms with Crippen LogP contribution in [0.3, 0.4) is 0 Å². The Balaban J connectivity index is 2.53. The minimum Gasteiger partial charge on any atom is -0.395 e. The third-order valence-corrected chi connectivity index (χ3v) is 3.71. The van der Waals surface area contributed by atoms with E-state index in [1.165, 1.54) is 0 Å². The quantitative estimate of drug-likeness (QED) is 0.847. The summed E-state index contributed by atoms with van der Waals surface area (Å²) in [5, 5.41) is 14.8. The number of hydrogen-bond acceptors (Lipinski definition) is 4. The van der Waals surface area contributed by atoms with Gasteiger partial charge in [0.1, 0.15) is 5.01 Å². The van der Waals surface area contributed by atoms with Crippen LogP contribution in [0.4, 0.5) is 4.79 Å². The second-order valence-corrected chi connectivity index (χ2v) is 6.69. The standard InChI is InChI=1S/C14H25N3O2S/c1-5-6-17(7-8-18)13(19)15-9-12-16-11(10-20-12)14(2,3)4/h10,18H,5-9H2,1-4H3,(H,15,19). The van der Waals surface area contributed by atoms with Gasteiger partial charge >= 0.3 is 6.03 Å². The summed E-state index contributed by atoms with van der Waals surface area (Å²) in [7, 11) is 0. The van der Waals surface area contributed by atoms with E-state index in [0.29, 0.717) is 19.6 Å². The van der Waals surface area contributed by atoms with Gasteiger partial charge in [-0.25, -0.2) is 9.78 Å². The topological polar surface area (TPSA) is 65.5 Å². The molecule has 1 aromatic rings. The van der Waals surface area contributed by atoms with E-state index in [2.05, 4.69) is 31.1 Å². The summed E-state index contributed by atoms with van der Waals surface area (Å²) in [6.07, 6.45) is 0.874. The van der Waals surface area contributed by atoms with Gasteiger partial charge in [0.15, 0.2) is 0 Å². The van der Waals surface area contributed by atoms with Gasteiger partial charge in [-0.2, -0.15) is 0 Å². The van der Waals surface area contributed by atoms with Crippen molar-refractivity contribution in [2.75, 3.05) is 19.7 Å². The zero-order chi connectivity index (χ0) is 15.2. The minimum atomic E-state index is -0.145. The van der Waals surface area contributed by atoms with Gasteiger partial charge in [-0.15, -0.1) is 11.3 Å². The largest absolute Gasteiger partial charge is 0.395 e. The van der Waals surface area contributed by atoms with Crippen LogP contribution < -0.4 is 5.32 Å². The second kappa shape index (κ2) is 7.59. The maximum Gasteiger partial charge on any atom is 0.317 e. The van der Waals surface area contributed by atoms with Crippen LogP contribution in [0.5, 0.6) is 0 Å². The molecule has 0 fully saturated rings. The molecule has 5 nitrogen and oxygen atoms in total. The van der Waals surface area contributed by atoms with Gasteiger partial charge in [0.25, 0.3) is 0 Å². The van der Waals surface area contributed by atoms with E-state index in [-0.39, 0.29) is 18.1 Å². The van der Waals surface area contributed by atoms with Gasteiger partial charge in [0, 0.05) is 23.9 Å². The van der Waals surface area contributed by atoms with Gasteiger partial charge in [-0.3, -0.25) is 0 Å². The number of rotatable bonds is 6. The molecule has 0 spiro atoms. The highest BCUT2D eigenvalue weighted by Crippen LogP contribution is 2.23. The number of aromatic nitrogens is 1. The first kappa shape index (κ1) is 16.9. The summed E-state index contributed by atoms with van der Waals surface area (Å²) in [5.74, 6) is 0. The highest BCUT2D eigenvalue weighted by atomic mass is 32.1. The van der Waals surface area contributed by atoms with Gasteiger partial charge in [-0.05, 0) is 6.42 Å². The number of carbonyl (C=O) groups excluding carboxylic acids is 1. The van der Waals surface area contributed by atoms with E-state index in [9.17, 15) is 4.79 Å². The third kappa shape index (κ3) is 5.09. The highest BCUT2D eigenvalue weighted by Gasteiger charge is 2.18. The lowest BCUT2D eigenvalue weighted by molar-refractivity contribution is 0.177. The summed E-state index contributed by atoms with van der Waals surface area (Å²) >= 11 is 1.56. The van der Waals surface area contributed by atoms with E-state index in [4.69, 9.17) is 5.11 Å². The van der Waals surface area contributed by atoms with Crippen LogP contribution in [-0.2, 0) is 12.0 Å². The SMILES string of the molecule is CCCN(CCO)C(=O)NCc1nc(C(C)(C)C)cs1. The average Bonchev–Trinajstić information content (AvgIpc) is 2.84. The molecule has 0 saturated heterocycles. The van der Waals surface area contributed by atoms with Crippen LogP contribution in [0.15, 0.2) is 5.38 Å². The smallest absolute Gasteiger partial charge is 0.317 e. The Morgan fingerprint density at radius 3 is 2.65 bits per heavy atom. The first-order valence-electron chi connectivity index (χ1n) is 6.97. The van der Waals surface area contributed by atoms with Crippen molar-refractivity contribution >= 4 is 17.4 Å². The number of hydrogen-bond donors (Lipinski definition) is 2. The first-order valence-corrected chi connectivity index (χ1v) is 7.85. The summed E-state index contributed by atoms with van der Waals surface area (Å²) in [5.41, 5.74) is 1.08. The Labute approximate surface area is 125 Å². The number of urea groups is 1. The first-order chi connectivity index (χ1) is 9.38. The average molecular weight is 299 g/mol. The van der Waals surface area contributed by atoms with Crippen molar-refractivity contribution in [3.8, 4) is 0 Å². The normalized spacial score (nSPS) is 11.4. The van der Waals surface area contributed by atoms with Crippen molar-refractivity contribution in [2.24, 2.45) is 0 Å². The Hall–Kier alpha value is -1.14. The van der Waals surface area contributed by atoms with E-state index >= 15 is 0 Å². The van der Waals surface area contributed by atoms with Crippen LogP contribution in [0, 0.1) is 0 Å². The van der Waals surface area contributed by atoms with Crippen molar-refractivity contribution < 1.29 is 9.90 Å². The molecule has 0 aliphatic heterocycles. The molecule has 0 saturated carbocycles. The molecule has 0 unspecified atom stereocenters. The highest BCUT2D eigenvalue weighted by molar-refractivity contribution is 7.09. The number of amides is 2. The zero-order valence-corrected chi connectivity index (χ0v) is 13.6. The van der Waals surface area contributed by atoms with Crippen molar-refractivity contribution in [1.82, 2.24) is 15.2 Å². The lowest BCUT2D eigenvalue weighted by Gasteiger charge is -2.21. The summed E-state index contributed by atoms with van der Waals surface area (Å²) in [4.78, 5) is 18.1. The number of carbonyl (C=O) groups is 1. The number of aliphatic hydroxyl groups excluding tert-OH is 1. The fraction of sp³-hybridized carbons (Fsp3) is 0.714. The summed E-state index contributed by atoms with van der Waals surface area (Å²) < 4.78 is 0. The Morgan fingerprint density at radius 2 is 2.15 bits per heavy atom. The molecule has 0 radical (unpaired) electrons. The second-order valence-electron chi connectivity index (χ2n) is 5.75. The van der Waals surface area contributed by atoms with Gasteiger partial charge in [-0.1, -0.05) is 27.7 Å². The summed E-state index contributed by atoms with van der Waals surface area (Å²) in [6.45, 7) is 9.80. The maximum atomic E-state index is 12.0. The molecule has 0 atom stereocenters. The molecule has 1 rings (SSSR count). The molecule has 6 heteroatoms. The van der Waals surface area contributed by atoms with E-state index in [0.717, 1.165) is 17.1 Å². The molecule has 0 aliphatic carbocycles. The molecule has 2 N–H and O–H groups in total. The lowest BCUT2D eigenvalue weighted by atomic mass is 9.93. The fourth-order valence-electron chi connectivity index (χ4n) is 1.71. The van der Waals surface area contributed by atoms with Gasteiger partial charge < -0.3 is 15.3 Å². The molecule has 0 aliphatic rings. The van der Waals surface area contributed by atoms with Crippen LogP contribution in [0.25, 0.3) is 0 Å². The van der Waals surface area contributed by atoms with Crippen LogP contribution >= 0.6 is 11.3 Å². The molecule has 114 valence electrons. The Kier molecular flexibility index (Phi) is 6.42. The number of nitrogens with zero attached hydrogens (tertiary/aromatic N) is 2. The summed E-state index contributed by atoms with van der Waals surface area (Å²) in [6, 6.07) is -0.145. The molecule has 0 bridgehead atoms. The predicted octanol–water partition coefficient (Wildman–Crippen LogP) is 2.35. The molecule has 20 heavy (non-hydrogen) atoms. The van der Waals surface area contributed by atoms with Gasteiger partial charge in [0.2, 0.25) is 0 Å². The minimum absolute atomic E-state index is 0.0150. The predicted molar refractivity (Wildman–Crippen MR) is 82.0 cm³/mol. The van der Waals surface area contributed by atoms with Crippen LogP contribution in [0.1, 0.15) is 44.8 Å². The Bertz CT molecular complexity index is 420. The zero-order valence-electron chi connectivity index (χ0n) is 12.8. The van der Waals surface area contributed by atoms with E-state index < -0.39 is 0 Å². The van der Waals surface area contributed by atoms with Crippen LogP contribution in [0.2, 0.25) is 0 Å². The fourth-order valence-corrected chi connectivity index (χ4v) is 2.67. The third-order valence-electron chi connectivity index (χ3n) is 2.86. The van der Waals surface area contributed by atoms with Crippen molar-refractivity contribution in [3.63, 3.8) is 0 Å². The van der Waals surface area contributed by atoms with Crippen molar-refractivity contribution in [3.05, 3.63) is 16.1 Å². The van der Waals surface area contributed by atoms with E-state index in [1.54, 1.807) is 16.2 Å².